The molecule has 0 spiro atoms. The topological polar surface area (TPSA) is 52.0 Å². The second-order valence-corrected chi connectivity index (χ2v) is 9.85. The Labute approximate surface area is 230 Å². The third kappa shape index (κ3) is 5.05. The van der Waals surface area contributed by atoms with Gasteiger partial charge in [-0.3, -0.25) is 0 Å². The van der Waals surface area contributed by atoms with E-state index in [1.54, 1.807) is 0 Å². The summed E-state index contributed by atoms with van der Waals surface area (Å²) >= 11 is 0. The highest BCUT2D eigenvalue weighted by molar-refractivity contribution is 5.79. The number of benzene rings is 6. The predicted octanol–water partition coefficient (Wildman–Crippen LogP) is 9.03. The first-order valence-corrected chi connectivity index (χ1v) is 13.2. The fourth-order valence-electron chi connectivity index (χ4n) is 5.32. The van der Waals surface area contributed by atoms with Crippen molar-refractivity contribution in [2.45, 2.75) is 5.92 Å². The Kier molecular flexibility index (Phi) is 6.67. The summed E-state index contributed by atoms with van der Waals surface area (Å²) in [7, 11) is 0. The molecule has 2 nitrogen and oxygen atoms in total. The van der Waals surface area contributed by atoms with Crippen LogP contribution < -0.4 is 11.5 Å². The molecule has 0 unspecified atom stereocenters. The molecular formula is C37H30N2. The zero-order valence-electron chi connectivity index (χ0n) is 21.7. The van der Waals surface area contributed by atoms with Crippen molar-refractivity contribution in [1.29, 1.82) is 0 Å². The molecule has 4 N–H and O–H groups in total. The molecule has 6 aromatic rings. The van der Waals surface area contributed by atoms with Crippen molar-refractivity contribution >= 4 is 11.4 Å². The SMILES string of the molecule is Nc1ccc(C(c2ccc(-c3ccccc3)cc2)c2ccc(N)c(-c3ccccc3)c2)cc1-c1ccccc1. The van der Waals surface area contributed by atoms with E-state index >= 15 is 0 Å². The van der Waals surface area contributed by atoms with Gasteiger partial charge in [-0.05, 0) is 63.2 Å². The van der Waals surface area contributed by atoms with Crippen LogP contribution >= 0.6 is 0 Å². The summed E-state index contributed by atoms with van der Waals surface area (Å²) in [5.74, 6) is 0.000878. The van der Waals surface area contributed by atoms with E-state index in [1.165, 1.54) is 27.8 Å². The number of nitrogens with two attached hydrogens (primary N) is 2. The third-order valence-electron chi connectivity index (χ3n) is 7.34. The Balaban J connectivity index is 1.51. The van der Waals surface area contributed by atoms with Gasteiger partial charge in [-0.2, -0.15) is 0 Å². The highest BCUT2D eigenvalue weighted by Crippen LogP contribution is 2.39. The van der Waals surface area contributed by atoms with Crippen molar-refractivity contribution in [1.82, 2.24) is 0 Å². The van der Waals surface area contributed by atoms with E-state index in [0.29, 0.717) is 0 Å². The molecule has 0 amide bonds. The minimum atomic E-state index is 0.000878. The van der Waals surface area contributed by atoms with Gasteiger partial charge in [0.05, 0.1) is 0 Å². The zero-order chi connectivity index (χ0) is 26.6. The standard InChI is InChI=1S/C37H30N2/c38-35-22-20-31(24-33(35)28-12-6-2-7-13-28)37(30-18-16-27(17-19-30)26-10-4-1-5-11-26)32-21-23-36(39)34(25-32)29-14-8-3-9-15-29/h1-25,37H,38-39H2. The molecule has 39 heavy (non-hydrogen) atoms. The summed E-state index contributed by atoms with van der Waals surface area (Å²) in [6.07, 6.45) is 0. The van der Waals surface area contributed by atoms with Crippen LogP contribution in [0.2, 0.25) is 0 Å². The Morgan fingerprint density at radius 3 is 1.13 bits per heavy atom. The van der Waals surface area contributed by atoms with E-state index in [1.807, 2.05) is 54.6 Å². The molecule has 0 aromatic heterocycles. The van der Waals surface area contributed by atoms with Crippen LogP contribution in [0.5, 0.6) is 0 Å². The van der Waals surface area contributed by atoms with Gasteiger partial charge in [0, 0.05) is 28.4 Å². The van der Waals surface area contributed by atoms with E-state index in [-0.39, 0.29) is 5.92 Å². The van der Waals surface area contributed by atoms with Crippen molar-refractivity contribution in [2.24, 2.45) is 0 Å². The summed E-state index contributed by atoms with van der Waals surface area (Å²) in [6.45, 7) is 0. The maximum atomic E-state index is 6.49. The van der Waals surface area contributed by atoms with Gasteiger partial charge in [0.25, 0.3) is 0 Å². The van der Waals surface area contributed by atoms with Crippen molar-refractivity contribution in [2.75, 3.05) is 11.5 Å². The van der Waals surface area contributed by atoms with E-state index in [2.05, 4.69) is 97.1 Å². The average molecular weight is 503 g/mol. The normalized spacial score (nSPS) is 11.0. The van der Waals surface area contributed by atoms with Gasteiger partial charge in [-0.15, -0.1) is 0 Å². The number of anilines is 2. The molecular weight excluding hydrogens is 472 g/mol. The fraction of sp³-hybridized carbons (Fsp3) is 0.0270. The summed E-state index contributed by atoms with van der Waals surface area (Å²) in [5.41, 5.74) is 24.8. The van der Waals surface area contributed by atoms with Crippen molar-refractivity contribution in [3.63, 3.8) is 0 Å². The molecule has 0 saturated carbocycles. The van der Waals surface area contributed by atoms with E-state index in [9.17, 15) is 0 Å². The predicted molar refractivity (Wildman–Crippen MR) is 165 cm³/mol. The van der Waals surface area contributed by atoms with E-state index < -0.39 is 0 Å². The van der Waals surface area contributed by atoms with Crippen LogP contribution in [0.25, 0.3) is 33.4 Å². The summed E-state index contributed by atoms with van der Waals surface area (Å²) in [6, 6.07) is 52.9. The van der Waals surface area contributed by atoms with Crippen LogP contribution in [0.1, 0.15) is 22.6 Å². The van der Waals surface area contributed by atoms with Crippen LogP contribution in [0.15, 0.2) is 152 Å². The highest BCUT2D eigenvalue weighted by Gasteiger charge is 2.20. The largest absolute Gasteiger partial charge is 0.398 e. The van der Waals surface area contributed by atoms with Gasteiger partial charge >= 0.3 is 0 Å². The van der Waals surface area contributed by atoms with E-state index in [4.69, 9.17) is 11.5 Å². The molecule has 0 atom stereocenters. The monoisotopic (exact) mass is 502 g/mol. The lowest BCUT2D eigenvalue weighted by molar-refractivity contribution is 0.979. The lowest BCUT2D eigenvalue weighted by atomic mass is 9.82. The van der Waals surface area contributed by atoms with Gasteiger partial charge in [-0.1, -0.05) is 127 Å². The Morgan fingerprint density at radius 2 is 0.692 bits per heavy atom. The van der Waals surface area contributed by atoms with Gasteiger partial charge in [0.15, 0.2) is 0 Å². The van der Waals surface area contributed by atoms with Gasteiger partial charge < -0.3 is 11.5 Å². The fourth-order valence-corrected chi connectivity index (χ4v) is 5.32. The maximum Gasteiger partial charge on any atom is 0.0393 e. The summed E-state index contributed by atoms with van der Waals surface area (Å²) in [5, 5.41) is 0. The van der Waals surface area contributed by atoms with E-state index in [0.717, 1.165) is 33.6 Å². The average Bonchev–Trinajstić information content (AvgIpc) is 3.00. The molecule has 0 radical (unpaired) electrons. The van der Waals surface area contributed by atoms with Gasteiger partial charge in [0.1, 0.15) is 0 Å². The van der Waals surface area contributed by atoms with Crippen LogP contribution in [-0.2, 0) is 0 Å². The molecule has 6 aromatic carbocycles. The molecule has 0 aliphatic rings. The zero-order valence-corrected chi connectivity index (χ0v) is 21.7. The van der Waals surface area contributed by atoms with Gasteiger partial charge in [0.2, 0.25) is 0 Å². The molecule has 0 bridgehead atoms. The quantitative estimate of drug-likeness (QED) is 0.176. The van der Waals surface area contributed by atoms with Crippen molar-refractivity contribution in [3.8, 4) is 33.4 Å². The number of hydrogen-bond acceptors (Lipinski definition) is 2. The third-order valence-corrected chi connectivity index (χ3v) is 7.34. The Bertz CT molecular complexity index is 1600. The Hall–Kier alpha value is -5.08. The van der Waals surface area contributed by atoms with Crippen LogP contribution in [-0.4, -0.2) is 0 Å². The minimum Gasteiger partial charge on any atom is -0.398 e. The highest BCUT2D eigenvalue weighted by atomic mass is 14.6. The lowest BCUT2D eigenvalue weighted by Crippen LogP contribution is -2.06. The molecule has 2 heteroatoms. The van der Waals surface area contributed by atoms with Gasteiger partial charge in [-0.25, -0.2) is 0 Å². The first kappa shape index (κ1) is 24.3. The smallest absolute Gasteiger partial charge is 0.0393 e. The maximum absolute atomic E-state index is 6.49. The second kappa shape index (κ2) is 10.7. The first-order valence-electron chi connectivity index (χ1n) is 13.2. The Morgan fingerprint density at radius 1 is 0.333 bits per heavy atom. The summed E-state index contributed by atoms with van der Waals surface area (Å²) in [4.78, 5) is 0. The van der Waals surface area contributed by atoms with Crippen molar-refractivity contribution in [3.05, 3.63) is 168 Å². The molecule has 188 valence electrons. The van der Waals surface area contributed by atoms with Crippen LogP contribution in [0.3, 0.4) is 0 Å². The number of nitrogen functional groups attached to an aromatic ring is 2. The van der Waals surface area contributed by atoms with Crippen LogP contribution in [0, 0.1) is 0 Å². The molecule has 0 fully saturated rings. The molecule has 0 saturated heterocycles. The minimum absolute atomic E-state index is 0.000878. The first-order chi connectivity index (χ1) is 19.2. The second-order valence-electron chi connectivity index (χ2n) is 9.85. The molecule has 0 heterocycles. The lowest BCUT2D eigenvalue weighted by Gasteiger charge is -2.22. The summed E-state index contributed by atoms with van der Waals surface area (Å²) < 4.78 is 0. The number of rotatable bonds is 6. The molecule has 6 rings (SSSR count). The van der Waals surface area contributed by atoms with Crippen molar-refractivity contribution < 1.29 is 0 Å². The number of hydrogen-bond donors (Lipinski definition) is 2. The van der Waals surface area contributed by atoms with Crippen LogP contribution in [0.4, 0.5) is 11.4 Å². The molecule has 0 aliphatic carbocycles. The molecule has 0 aliphatic heterocycles.